The molecule has 0 amide bonds. The molecule has 0 bridgehead atoms. The number of aliphatic hydroxyl groups excluding tert-OH is 1. The third-order valence-corrected chi connectivity index (χ3v) is 6.56. The number of carbonyl (C=O) groups excluding carboxylic acids is 3. The van der Waals surface area contributed by atoms with Gasteiger partial charge in [-0.1, -0.05) is 0 Å². The van der Waals surface area contributed by atoms with Crippen molar-refractivity contribution >= 4 is 17.5 Å². The van der Waals surface area contributed by atoms with Crippen LogP contribution in [-0.4, -0.2) is 90.2 Å². The minimum absolute atomic E-state index is 0.0290. The summed E-state index contributed by atoms with van der Waals surface area (Å²) in [6.45, 7) is 2.21. The highest BCUT2D eigenvalue weighted by molar-refractivity contribution is 6.25. The molecule has 5 unspecified atom stereocenters. The zero-order valence-corrected chi connectivity index (χ0v) is 15.3. The molecule has 0 radical (unpaired) electrons. The number of nitrogens with one attached hydrogen (secondary N) is 1. The first-order valence-electron chi connectivity index (χ1n) is 9.00. The Morgan fingerprint density at radius 3 is 2.63 bits per heavy atom. The average Bonchev–Trinajstić information content (AvgIpc) is 3.56. The van der Waals surface area contributed by atoms with Crippen LogP contribution in [0, 0.1) is 5.92 Å². The van der Waals surface area contributed by atoms with Crippen LogP contribution in [0.25, 0.3) is 0 Å². The number of Topliss-reactive ketones (excluding diaryl/α,β-unsaturated/α-hetero) is 2. The molecule has 27 heavy (non-hydrogen) atoms. The zero-order chi connectivity index (χ0) is 19.2. The number of ketones is 2. The summed E-state index contributed by atoms with van der Waals surface area (Å²) < 4.78 is 10.6. The van der Waals surface area contributed by atoms with Gasteiger partial charge < -0.3 is 29.7 Å². The molecule has 0 spiro atoms. The molecule has 4 heterocycles. The van der Waals surface area contributed by atoms with Crippen molar-refractivity contribution in [2.45, 2.75) is 30.8 Å². The van der Waals surface area contributed by atoms with Crippen molar-refractivity contribution in [2.75, 3.05) is 33.9 Å². The predicted octanol–water partition coefficient (Wildman–Crippen LogP) is -1.86. The Kier molecular flexibility index (Phi) is 3.24. The molecule has 0 saturated carbocycles. The number of allylic oxidation sites excluding steroid dienone is 2. The normalized spacial score (nSPS) is 39.0. The smallest absolute Gasteiger partial charge is 0.330 e. The van der Waals surface area contributed by atoms with Crippen molar-refractivity contribution in [1.29, 1.82) is 0 Å². The van der Waals surface area contributed by atoms with Gasteiger partial charge in [0.05, 0.1) is 43.6 Å². The van der Waals surface area contributed by atoms with Crippen LogP contribution in [0.3, 0.4) is 0 Å². The second-order valence-electron chi connectivity index (χ2n) is 7.64. The van der Waals surface area contributed by atoms with E-state index in [-0.39, 0.29) is 36.0 Å². The number of fused-ring (bicyclic) bond motifs is 4. The fourth-order valence-corrected chi connectivity index (χ4v) is 5.20. The highest BCUT2D eigenvalue weighted by atomic mass is 16.5. The van der Waals surface area contributed by atoms with Gasteiger partial charge in [-0.3, -0.25) is 9.59 Å². The summed E-state index contributed by atoms with van der Waals surface area (Å²) in [5.74, 6) is -1.61. The largest absolute Gasteiger partial charge is 0.467 e. The molecular weight excluding hydrogens is 354 g/mol. The van der Waals surface area contributed by atoms with Crippen LogP contribution in [0.1, 0.15) is 6.92 Å². The molecule has 9 nitrogen and oxygen atoms in total. The molecule has 3 fully saturated rings. The molecule has 0 aromatic carbocycles. The van der Waals surface area contributed by atoms with Crippen molar-refractivity contribution in [3.63, 3.8) is 0 Å². The van der Waals surface area contributed by atoms with Crippen LogP contribution < -0.4 is 5.32 Å². The number of carbonyl (C=O) groups is 3. The van der Waals surface area contributed by atoms with Gasteiger partial charge >= 0.3 is 5.97 Å². The Hall–Kier alpha value is -2.23. The Balaban J connectivity index is 1.57. The Labute approximate surface area is 155 Å². The fourth-order valence-electron chi connectivity index (χ4n) is 5.20. The van der Waals surface area contributed by atoms with Crippen LogP contribution in [0.5, 0.6) is 0 Å². The predicted molar refractivity (Wildman–Crippen MR) is 90.0 cm³/mol. The lowest BCUT2D eigenvalue weighted by Gasteiger charge is -2.39. The van der Waals surface area contributed by atoms with E-state index in [2.05, 4.69) is 5.32 Å². The Morgan fingerprint density at radius 2 is 2.00 bits per heavy atom. The third-order valence-electron chi connectivity index (χ3n) is 6.56. The summed E-state index contributed by atoms with van der Waals surface area (Å²) in [5.41, 5.74) is 0.272. The van der Waals surface area contributed by atoms with E-state index >= 15 is 0 Å². The SMILES string of the molecule is COC(=O)C1CN1C1=C(C)C(=O)C2=C(C1=O)C(CO)C1(OC)C3NC3CN21. The number of piperazine rings is 1. The maximum absolute atomic E-state index is 13.4. The second-order valence-corrected chi connectivity index (χ2v) is 7.64. The molecule has 9 heteroatoms. The molecule has 5 rings (SSSR count). The molecule has 144 valence electrons. The van der Waals surface area contributed by atoms with Crippen molar-refractivity contribution in [3.8, 4) is 0 Å². The number of rotatable bonds is 4. The van der Waals surface area contributed by atoms with Crippen molar-refractivity contribution in [2.24, 2.45) is 5.92 Å². The first kappa shape index (κ1) is 16.9. The van der Waals surface area contributed by atoms with Gasteiger partial charge in [-0.05, 0) is 6.92 Å². The molecule has 2 N–H and O–H groups in total. The summed E-state index contributed by atoms with van der Waals surface area (Å²) in [6.07, 6.45) is 0. The van der Waals surface area contributed by atoms with Gasteiger partial charge in [-0.25, -0.2) is 4.79 Å². The molecule has 5 atom stereocenters. The third kappa shape index (κ3) is 1.82. The van der Waals surface area contributed by atoms with Crippen molar-refractivity contribution in [3.05, 3.63) is 22.5 Å². The summed E-state index contributed by atoms with van der Waals surface area (Å²) in [5, 5.41) is 13.4. The van der Waals surface area contributed by atoms with Gasteiger partial charge in [-0.2, -0.15) is 0 Å². The minimum Gasteiger partial charge on any atom is -0.467 e. The molecule has 0 aromatic heterocycles. The summed E-state index contributed by atoms with van der Waals surface area (Å²) in [4.78, 5) is 41.9. The van der Waals surface area contributed by atoms with Crippen LogP contribution in [0.2, 0.25) is 0 Å². The van der Waals surface area contributed by atoms with Gasteiger partial charge in [0.25, 0.3) is 0 Å². The highest BCUT2D eigenvalue weighted by Crippen LogP contribution is 2.56. The quantitative estimate of drug-likeness (QED) is 0.331. The number of aliphatic hydroxyl groups is 1. The summed E-state index contributed by atoms with van der Waals surface area (Å²) in [6, 6.07) is -0.380. The van der Waals surface area contributed by atoms with E-state index in [0.29, 0.717) is 29.9 Å². The van der Waals surface area contributed by atoms with Crippen molar-refractivity contribution in [1.82, 2.24) is 15.1 Å². The van der Waals surface area contributed by atoms with Crippen LogP contribution >= 0.6 is 0 Å². The van der Waals surface area contributed by atoms with Gasteiger partial charge in [0.2, 0.25) is 11.6 Å². The topological polar surface area (TPSA) is 118 Å². The maximum Gasteiger partial charge on any atom is 0.330 e. The van der Waals surface area contributed by atoms with E-state index in [1.165, 1.54) is 7.11 Å². The lowest BCUT2D eigenvalue weighted by molar-refractivity contribution is -0.140. The molecule has 0 aromatic rings. The van der Waals surface area contributed by atoms with Gasteiger partial charge in [0.1, 0.15) is 6.04 Å². The van der Waals surface area contributed by atoms with E-state index < -0.39 is 23.7 Å². The van der Waals surface area contributed by atoms with Gasteiger partial charge in [0.15, 0.2) is 5.72 Å². The highest BCUT2D eigenvalue weighted by Gasteiger charge is 2.72. The van der Waals surface area contributed by atoms with E-state index in [0.717, 1.165) is 0 Å². The zero-order valence-electron chi connectivity index (χ0n) is 15.3. The summed E-state index contributed by atoms with van der Waals surface area (Å²) in [7, 11) is 2.84. The number of nitrogens with zero attached hydrogens (tertiary/aromatic N) is 2. The molecule has 1 aliphatic carbocycles. The molecular formula is C18H21N3O6. The molecule has 3 saturated heterocycles. The standard InChI is InChI=1S/C18H21N3O6/c1-7-12(20-5-10(20)17(25)26-2)15(24)11-8(6-22)18(27-3)16-9(19-16)4-21(18)13(11)14(7)23/h8-10,16,19,22H,4-6H2,1-3H3. The fraction of sp³-hybridized carbons (Fsp3) is 0.611. The van der Waals surface area contributed by atoms with E-state index in [1.807, 2.05) is 4.90 Å². The number of hydrogen-bond donors (Lipinski definition) is 2. The first-order chi connectivity index (χ1) is 12.9. The van der Waals surface area contributed by atoms with Crippen LogP contribution in [0.4, 0.5) is 0 Å². The monoisotopic (exact) mass is 375 g/mol. The number of esters is 1. The Bertz CT molecular complexity index is 863. The molecule has 4 aliphatic heterocycles. The number of ether oxygens (including phenoxy) is 2. The Morgan fingerprint density at radius 1 is 1.26 bits per heavy atom. The van der Waals surface area contributed by atoms with Crippen LogP contribution in [-0.2, 0) is 23.9 Å². The van der Waals surface area contributed by atoms with Crippen molar-refractivity contribution < 1.29 is 29.0 Å². The molecule has 5 aliphatic rings. The van der Waals surface area contributed by atoms with E-state index in [9.17, 15) is 19.5 Å². The van der Waals surface area contributed by atoms with E-state index in [1.54, 1.807) is 18.9 Å². The summed E-state index contributed by atoms with van der Waals surface area (Å²) >= 11 is 0. The lowest BCUT2D eigenvalue weighted by atomic mass is 9.82. The second kappa shape index (κ2) is 5.18. The number of methoxy groups -OCH3 is 2. The van der Waals surface area contributed by atoms with E-state index in [4.69, 9.17) is 9.47 Å². The van der Waals surface area contributed by atoms with Crippen LogP contribution in [0.15, 0.2) is 22.5 Å². The van der Waals surface area contributed by atoms with Gasteiger partial charge in [0, 0.05) is 30.8 Å². The first-order valence-corrected chi connectivity index (χ1v) is 9.00. The number of hydrogen-bond acceptors (Lipinski definition) is 9. The maximum atomic E-state index is 13.4. The van der Waals surface area contributed by atoms with Gasteiger partial charge in [-0.15, -0.1) is 0 Å². The minimum atomic E-state index is -0.925. The lowest BCUT2D eigenvalue weighted by Crippen LogP contribution is -2.54. The average molecular weight is 375 g/mol.